The molecule has 0 saturated carbocycles. The summed E-state index contributed by atoms with van der Waals surface area (Å²) < 4.78 is 7.23. The summed E-state index contributed by atoms with van der Waals surface area (Å²) in [6, 6.07) is 14.2. The van der Waals surface area contributed by atoms with Gasteiger partial charge in [-0.3, -0.25) is 0 Å². The highest BCUT2D eigenvalue weighted by atomic mass is 16.5. The zero-order valence-corrected chi connectivity index (χ0v) is 8.97. The van der Waals surface area contributed by atoms with Crippen LogP contribution in [0.2, 0.25) is 0 Å². The van der Waals surface area contributed by atoms with Crippen LogP contribution in [0.25, 0.3) is 11.3 Å². The maximum atomic E-state index is 5.13. The lowest BCUT2D eigenvalue weighted by molar-refractivity contribution is -0.660. The molecule has 0 N–H and O–H groups in total. The SMILES string of the molecule is COc1ccc(-c2cccc[n+]2C)cc1. The topological polar surface area (TPSA) is 13.1 Å². The first-order chi connectivity index (χ1) is 7.31. The number of methoxy groups -OCH3 is 1. The van der Waals surface area contributed by atoms with E-state index >= 15 is 0 Å². The Labute approximate surface area is 89.8 Å². The Morgan fingerprint density at radius 1 is 1.00 bits per heavy atom. The van der Waals surface area contributed by atoms with Crippen LogP contribution in [0, 0.1) is 0 Å². The lowest BCUT2D eigenvalue weighted by atomic mass is 10.1. The standard InChI is InChI=1S/C13H14NO/c1-14-10-4-3-5-13(14)11-6-8-12(15-2)9-7-11/h3-10H,1-2H3/q+1. The van der Waals surface area contributed by atoms with E-state index in [9.17, 15) is 0 Å². The minimum atomic E-state index is 0.886. The van der Waals surface area contributed by atoms with Gasteiger partial charge in [-0.25, -0.2) is 4.57 Å². The van der Waals surface area contributed by atoms with Crippen molar-refractivity contribution < 1.29 is 9.30 Å². The van der Waals surface area contributed by atoms with Gasteiger partial charge in [0.2, 0.25) is 5.69 Å². The molecule has 2 nitrogen and oxygen atoms in total. The van der Waals surface area contributed by atoms with Crippen LogP contribution in [0.4, 0.5) is 0 Å². The van der Waals surface area contributed by atoms with Crippen LogP contribution in [0.5, 0.6) is 5.75 Å². The van der Waals surface area contributed by atoms with Gasteiger partial charge in [-0.15, -0.1) is 0 Å². The Hall–Kier alpha value is -1.83. The average molecular weight is 200 g/mol. The molecule has 1 heterocycles. The third kappa shape index (κ3) is 1.99. The second kappa shape index (κ2) is 4.13. The molecule has 15 heavy (non-hydrogen) atoms. The van der Waals surface area contributed by atoms with E-state index in [0.29, 0.717) is 0 Å². The molecule has 2 aromatic rings. The van der Waals surface area contributed by atoms with E-state index in [1.54, 1.807) is 7.11 Å². The molecule has 0 atom stereocenters. The van der Waals surface area contributed by atoms with E-state index < -0.39 is 0 Å². The summed E-state index contributed by atoms with van der Waals surface area (Å²) in [7, 11) is 3.72. The molecule has 1 aromatic carbocycles. The number of pyridine rings is 1. The van der Waals surface area contributed by atoms with Crippen LogP contribution in [0.15, 0.2) is 48.7 Å². The van der Waals surface area contributed by atoms with Crippen LogP contribution in [-0.2, 0) is 7.05 Å². The number of hydrogen-bond donors (Lipinski definition) is 0. The van der Waals surface area contributed by atoms with Gasteiger partial charge in [-0.2, -0.15) is 0 Å². The molecular formula is C13H14NO+. The van der Waals surface area contributed by atoms with Crippen LogP contribution in [0.1, 0.15) is 0 Å². The quantitative estimate of drug-likeness (QED) is 0.677. The van der Waals surface area contributed by atoms with Gasteiger partial charge in [-0.05, 0) is 30.3 Å². The number of aryl methyl sites for hydroxylation is 1. The van der Waals surface area contributed by atoms with Crippen molar-refractivity contribution in [2.24, 2.45) is 7.05 Å². The Morgan fingerprint density at radius 3 is 2.33 bits per heavy atom. The maximum absolute atomic E-state index is 5.13. The Balaban J connectivity index is 2.42. The summed E-state index contributed by atoms with van der Waals surface area (Å²) in [5.74, 6) is 0.886. The van der Waals surface area contributed by atoms with E-state index in [0.717, 1.165) is 5.75 Å². The van der Waals surface area contributed by atoms with Crippen molar-refractivity contribution in [3.63, 3.8) is 0 Å². The zero-order chi connectivity index (χ0) is 10.7. The second-order valence-electron chi connectivity index (χ2n) is 3.43. The van der Waals surface area contributed by atoms with Crippen LogP contribution < -0.4 is 9.30 Å². The summed E-state index contributed by atoms with van der Waals surface area (Å²) in [6.45, 7) is 0. The summed E-state index contributed by atoms with van der Waals surface area (Å²) in [4.78, 5) is 0. The fraction of sp³-hybridized carbons (Fsp3) is 0.154. The molecule has 0 aliphatic rings. The minimum absolute atomic E-state index is 0.886. The van der Waals surface area contributed by atoms with Gasteiger partial charge in [0.05, 0.1) is 7.11 Å². The molecule has 2 rings (SSSR count). The third-order valence-electron chi connectivity index (χ3n) is 2.44. The average Bonchev–Trinajstić information content (AvgIpc) is 2.30. The van der Waals surface area contributed by atoms with Gasteiger partial charge in [0.15, 0.2) is 6.20 Å². The van der Waals surface area contributed by atoms with E-state index in [-0.39, 0.29) is 0 Å². The van der Waals surface area contributed by atoms with Crippen molar-refractivity contribution in [3.8, 4) is 17.0 Å². The van der Waals surface area contributed by atoms with Gasteiger partial charge >= 0.3 is 0 Å². The Bertz CT molecular complexity index is 448. The first kappa shape index (κ1) is 9.71. The monoisotopic (exact) mass is 200 g/mol. The van der Waals surface area contributed by atoms with Gasteiger partial charge in [0, 0.05) is 17.7 Å². The molecule has 0 saturated heterocycles. The molecule has 0 spiro atoms. The van der Waals surface area contributed by atoms with E-state index in [4.69, 9.17) is 4.74 Å². The van der Waals surface area contributed by atoms with Crippen LogP contribution in [-0.4, -0.2) is 7.11 Å². The number of aromatic nitrogens is 1. The summed E-state index contributed by atoms with van der Waals surface area (Å²) in [5, 5.41) is 0. The molecule has 0 unspecified atom stereocenters. The lowest BCUT2D eigenvalue weighted by Gasteiger charge is -2.01. The van der Waals surface area contributed by atoms with Gasteiger partial charge in [-0.1, -0.05) is 0 Å². The normalized spacial score (nSPS) is 10.0. The fourth-order valence-electron chi connectivity index (χ4n) is 1.59. The van der Waals surface area contributed by atoms with E-state index in [1.165, 1.54) is 11.3 Å². The van der Waals surface area contributed by atoms with Gasteiger partial charge < -0.3 is 4.74 Å². The van der Waals surface area contributed by atoms with Crippen LogP contribution >= 0.6 is 0 Å². The van der Waals surface area contributed by atoms with Crippen molar-refractivity contribution >= 4 is 0 Å². The third-order valence-corrected chi connectivity index (χ3v) is 2.44. The Morgan fingerprint density at radius 2 is 1.73 bits per heavy atom. The highest BCUT2D eigenvalue weighted by molar-refractivity contribution is 5.57. The molecule has 0 radical (unpaired) electrons. The van der Waals surface area contributed by atoms with Gasteiger partial charge in [0.25, 0.3) is 0 Å². The molecular weight excluding hydrogens is 186 g/mol. The number of ether oxygens (including phenoxy) is 1. The fourth-order valence-corrected chi connectivity index (χ4v) is 1.59. The molecule has 0 amide bonds. The zero-order valence-electron chi connectivity index (χ0n) is 8.97. The van der Waals surface area contributed by atoms with Crippen molar-refractivity contribution in [2.45, 2.75) is 0 Å². The molecule has 1 aromatic heterocycles. The number of nitrogens with zero attached hydrogens (tertiary/aromatic N) is 1. The molecule has 0 aliphatic heterocycles. The first-order valence-corrected chi connectivity index (χ1v) is 4.90. The number of rotatable bonds is 2. The van der Waals surface area contributed by atoms with E-state index in [1.807, 2.05) is 37.5 Å². The van der Waals surface area contributed by atoms with Crippen molar-refractivity contribution in [2.75, 3.05) is 7.11 Å². The minimum Gasteiger partial charge on any atom is -0.497 e. The largest absolute Gasteiger partial charge is 0.497 e. The second-order valence-corrected chi connectivity index (χ2v) is 3.43. The van der Waals surface area contributed by atoms with Gasteiger partial charge in [0.1, 0.15) is 12.8 Å². The predicted molar refractivity (Wildman–Crippen MR) is 59.6 cm³/mol. The molecule has 2 heteroatoms. The predicted octanol–water partition coefficient (Wildman–Crippen LogP) is 2.19. The molecule has 0 fully saturated rings. The highest BCUT2D eigenvalue weighted by Gasteiger charge is 2.07. The highest BCUT2D eigenvalue weighted by Crippen LogP contribution is 2.18. The van der Waals surface area contributed by atoms with Crippen molar-refractivity contribution in [1.82, 2.24) is 0 Å². The Kier molecular flexibility index (Phi) is 2.68. The molecule has 0 bridgehead atoms. The summed E-state index contributed by atoms with van der Waals surface area (Å²) >= 11 is 0. The van der Waals surface area contributed by atoms with Crippen molar-refractivity contribution in [1.29, 1.82) is 0 Å². The molecule has 0 aliphatic carbocycles. The first-order valence-electron chi connectivity index (χ1n) is 4.90. The van der Waals surface area contributed by atoms with Crippen molar-refractivity contribution in [3.05, 3.63) is 48.7 Å². The smallest absolute Gasteiger partial charge is 0.212 e. The number of benzene rings is 1. The van der Waals surface area contributed by atoms with E-state index in [2.05, 4.69) is 22.8 Å². The summed E-state index contributed by atoms with van der Waals surface area (Å²) in [5.41, 5.74) is 2.39. The number of hydrogen-bond acceptors (Lipinski definition) is 1. The van der Waals surface area contributed by atoms with Crippen LogP contribution in [0.3, 0.4) is 0 Å². The molecule has 76 valence electrons. The lowest BCUT2D eigenvalue weighted by Crippen LogP contribution is -2.29. The summed E-state index contributed by atoms with van der Waals surface area (Å²) in [6.07, 6.45) is 2.04. The maximum Gasteiger partial charge on any atom is 0.212 e.